The van der Waals surface area contributed by atoms with Gasteiger partial charge in [0.05, 0.1) is 12.8 Å². The van der Waals surface area contributed by atoms with E-state index in [1.807, 2.05) is 28.9 Å². The fourth-order valence-corrected chi connectivity index (χ4v) is 3.16. The molecule has 5 aromatic rings. The average Bonchev–Trinajstić information content (AvgIpc) is 3.41. The molecular weight excluding hydrogens is 328 g/mol. The first-order valence-electron chi connectivity index (χ1n) is 8.33. The van der Waals surface area contributed by atoms with E-state index in [1.165, 1.54) is 10.9 Å². The van der Waals surface area contributed by atoms with Gasteiger partial charge in [-0.05, 0) is 42.3 Å². The monoisotopic (exact) mass is 344 g/mol. The molecule has 0 aliphatic heterocycles. The van der Waals surface area contributed by atoms with Gasteiger partial charge in [0, 0.05) is 28.9 Å². The number of nitrogens with zero attached hydrogens (tertiary/aromatic N) is 4. The highest BCUT2D eigenvalue weighted by Gasteiger charge is 2.12. The molecular formula is C19H16N6O. The summed E-state index contributed by atoms with van der Waals surface area (Å²) in [6, 6.07) is 10.1. The lowest BCUT2D eigenvalue weighted by Crippen LogP contribution is -2.06. The van der Waals surface area contributed by atoms with Gasteiger partial charge in [-0.2, -0.15) is 0 Å². The second kappa shape index (κ2) is 5.73. The number of fused-ring (bicyclic) bond motifs is 2. The Kier molecular flexibility index (Phi) is 3.24. The Hall–Kier alpha value is -3.61. The standard InChI is InChI=1S/C19H16N6O/c1-12-8-20-17-5-4-13(7-15(12)17)16-10-22-19(25-11-23-24-18(16)25)21-9-14-3-2-6-26-14/h2-8,10-11,20H,9H2,1H3,(H,21,22). The number of anilines is 1. The van der Waals surface area contributed by atoms with Crippen molar-refractivity contribution in [3.8, 4) is 11.1 Å². The van der Waals surface area contributed by atoms with Crippen molar-refractivity contribution in [2.24, 2.45) is 0 Å². The first kappa shape index (κ1) is 14.7. The SMILES string of the molecule is Cc1c[nH]c2ccc(-c3cnc(NCc4ccco4)n4cnnc34)cc12. The molecule has 0 spiro atoms. The third-order valence-electron chi connectivity index (χ3n) is 4.53. The van der Waals surface area contributed by atoms with Crippen LogP contribution in [0.4, 0.5) is 5.95 Å². The Morgan fingerprint density at radius 1 is 1.27 bits per heavy atom. The number of hydrogen-bond donors (Lipinski definition) is 2. The zero-order valence-corrected chi connectivity index (χ0v) is 14.1. The Morgan fingerprint density at radius 2 is 2.23 bits per heavy atom. The van der Waals surface area contributed by atoms with E-state index in [9.17, 15) is 0 Å². The van der Waals surface area contributed by atoms with Gasteiger partial charge in [0.15, 0.2) is 5.65 Å². The van der Waals surface area contributed by atoms with Gasteiger partial charge in [-0.25, -0.2) is 4.98 Å². The fourth-order valence-electron chi connectivity index (χ4n) is 3.16. The van der Waals surface area contributed by atoms with E-state index in [0.717, 1.165) is 28.1 Å². The molecule has 0 bridgehead atoms. The smallest absolute Gasteiger partial charge is 0.210 e. The largest absolute Gasteiger partial charge is 0.467 e. The molecule has 0 aliphatic rings. The van der Waals surface area contributed by atoms with Crippen molar-refractivity contribution in [1.82, 2.24) is 24.6 Å². The molecule has 0 aliphatic carbocycles. The van der Waals surface area contributed by atoms with Crippen LogP contribution < -0.4 is 5.32 Å². The maximum absolute atomic E-state index is 5.35. The first-order valence-corrected chi connectivity index (χ1v) is 8.33. The van der Waals surface area contributed by atoms with Crippen LogP contribution in [0.5, 0.6) is 0 Å². The number of H-pyrrole nitrogens is 1. The molecule has 0 radical (unpaired) electrons. The molecule has 0 unspecified atom stereocenters. The lowest BCUT2D eigenvalue weighted by Gasteiger charge is -2.09. The maximum Gasteiger partial charge on any atom is 0.210 e. The molecule has 128 valence electrons. The van der Waals surface area contributed by atoms with Crippen molar-refractivity contribution < 1.29 is 4.42 Å². The van der Waals surface area contributed by atoms with Crippen LogP contribution in [0.2, 0.25) is 0 Å². The highest BCUT2D eigenvalue weighted by atomic mass is 16.3. The van der Waals surface area contributed by atoms with Crippen molar-refractivity contribution in [3.63, 3.8) is 0 Å². The van der Waals surface area contributed by atoms with Crippen molar-refractivity contribution >= 4 is 22.5 Å². The first-order chi connectivity index (χ1) is 12.8. The van der Waals surface area contributed by atoms with E-state index in [4.69, 9.17) is 4.42 Å². The minimum atomic E-state index is 0.543. The summed E-state index contributed by atoms with van der Waals surface area (Å²) in [6.07, 6.45) is 7.16. The molecule has 0 fully saturated rings. The third-order valence-corrected chi connectivity index (χ3v) is 4.53. The van der Waals surface area contributed by atoms with Crippen LogP contribution in [0.1, 0.15) is 11.3 Å². The fraction of sp³-hybridized carbons (Fsp3) is 0.105. The summed E-state index contributed by atoms with van der Waals surface area (Å²) in [7, 11) is 0. The average molecular weight is 344 g/mol. The predicted molar refractivity (Wildman–Crippen MR) is 98.8 cm³/mol. The molecule has 7 heteroatoms. The van der Waals surface area contributed by atoms with Crippen LogP contribution in [0.3, 0.4) is 0 Å². The summed E-state index contributed by atoms with van der Waals surface area (Å²) in [5, 5.41) is 12.8. The normalized spacial score (nSPS) is 11.4. The van der Waals surface area contributed by atoms with Gasteiger partial charge in [-0.15, -0.1) is 10.2 Å². The summed E-state index contributed by atoms with van der Waals surface area (Å²) in [5.74, 6) is 1.51. The Balaban J connectivity index is 1.57. The van der Waals surface area contributed by atoms with Crippen LogP contribution in [0, 0.1) is 6.92 Å². The molecule has 1 aromatic carbocycles. The Bertz CT molecular complexity index is 1200. The minimum Gasteiger partial charge on any atom is -0.467 e. The number of aryl methyl sites for hydroxylation is 1. The third kappa shape index (κ3) is 2.33. The highest BCUT2D eigenvalue weighted by Crippen LogP contribution is 2.28. The van der Waals surface area contributed by atoms with Crippen LogP contribution >= 0.6 is 0 Å². The van der Waals surface area contributed by atoms with Gasteiger partial charge in [0.1, 0.15) is 12.1 Å². The van der Waals surface area contributed by atoms with Crippen LogP contribution in [-0.4, -0.2) is 24.6 Å². The van der Waals surface area contributed by atoms with E-state index in [-0.39, 0.29) is 0 Å². The van der Waals surface area contributed by atoms with Gasteiger partial charge in [-0.3, -0.25) is 4.40 Å². The van der Waals surface area contributed by atoms with Crippen LogP contribution in [0.25, 0.3) is 27.7 Å². The summed E-state index contributed by atoms with van der Waals surface area (Å²) in [4.78, 5) is 7.84. The van der Waals surface area contributed by atoms with Crippen molar-refractivity contribution in [2.45, 2.75) is 13.5 Å². The molecule has 2 N–H and O–H groups in total. The Morgan fingerprint density at radius 3 is 3.12 bits per heavy atom. The zero-order chi connectivity index (χ0) is 17.5. The summed E-state index contributed by atoms with van der Waals surface area (Å²) in [6.45, 7) is 2.64. The van der Waals surface area contributed by atoms with E-state index in [2.05, 4.69) is 50.6 Å². The molecule has 0 atom stereocenters. The van der Waals surface area contributed by atoms with Gasteiger partial charge in [0.2, 0.25) is 5.95 Å². The quantitative estimate of drug-likeness (QED) is 0.518. The minimum absolute atomic E-state index is 0.543. The van der Waals surface area contributed by atoms with E-state index in [0.29, 0.717) is 12.5 Å². The van der Waals surface area contributed by atoms with Crippen molar-refractivity contribution in [1.29, 1.82) is 0 Å². The lowest BCUT2D eigenvalue weighted by molar-refractivity contribution is 0.517. The van der Waals surface area contributed by atoms with Crippen molar-refractivity contribution in [3.05, 3.63) is 66.6 Å². The van der Waals surface area contributed by atoms with Gasteiger partial charge >= 0.3 is 0 Å². The topological polar surface area (TPSA) is 84.0 Å². The second-order valence-corrected chi connectivity index (χ2v) is 6.18. The van der Waals surface area contributed by atoms with Crippen LogP contribution in [-0.2, 0) is 6.54 Å². The number of benzene rings is 1. The summed E-state index contributed by atoms with van der Waals surface area (Å²) < 4.78 is 7.21. The highest BCUT2D eigenvalue weighted by molar-refractivity contribution is 5.90. The summed E-state index contributed by atoms with van der Waals surface area (Å²) >= 11 is 0. The molecule has 0 saturated heterocycles. The maximum atomic E-state index is 5.35. The number of hydrogen-bond acceptors (Lipinski definition) is 5. The molecule has 5 rings (SSSR count). The molecule has 26 heavy (non-hydrogen) atoms. The molecule has 4 aromatic heterocycles. The van der Waals surface area contributed by atoms with Gasteiger partial charge < -0.3 is 14.7 Å². The number of nitrogens with one attached hydrogen (secondary N) is 2. The second-order valence-electron chi connectivity index (χ2n) is 6.18. The lowest BCUT2D eigenvalue weighted by atomic mass is 10.0. The molecule has 0 amide bonds. The number of aromatic nitrogens is 5. The van der Waals surface area contributed by atoms with Gasteiger partial charge in [0.25, 0.3) is 0 Å². The van der Waals surface area contributed by atoms with Gasteiger partial charge in [-0.1, -0.05) is 6.07 Å². The number of furan rings is 1. The van der Waals surface area contributed by atoms with E-state index < -0.39 is 0 Å². The van der Waals surface area contributed by atoms with Crippen molar-refractivity contribution in [2.75, 3.05) is 5.32 Å². The summed E-state index contributed by atoms with van der Waals surface area (Å²) in [5.41, 5.74) is 5.09. The molecule has 4 heterocycles. The predicted octanol–water partition coefficient (Wildman–Crippen LogP) is 3.79. The van der Waals surface area contributed by atoms with E-state index >= 15 is 0 Å². The van der Waals surface area contributed by atoms with E-state index in [1.54, 1.807) is 12.6 Å². The zero-order valence-electron chi connectivity index (χ0n) is 14.1. The molecule has 7 nitrogen and oxygen atoms in total. The number of aromatic amines is 1. The number of rotatable bonds is 4. The molecule has 0 saturated carbocycles. The Labute approximate surface area is 148 Å². The van der Waals surface area contributed by atoms with Crippen LogP contribution in [0.15, 0.2) is 59.7 Å².